The van der Waals surface area contributed by atoms with Crippen molar-refractivity contribution in [1.82, 2.24) is 4.31 Å². The molecule has 26 heavy (non-hydrogen) atoms. The van der Waals surface area contributed by atoms with Gasteiger partial charge in [0.05, 0.1) is 11.4 Å². The van der Waals surface area contributed by atoms with Crippen LogP contribution in [0.2, 0.25) is 0 Å². The highest BCUT2D eigenvalue weighted by atomic mass is 32.2. The molecule has 4 rings (SSSR count). The topological polar surface area (TPSA) is 57.7 Å². The Bertz CT molecular complexity index is 907. The maximum absolute atomic E-state index is 12.8. The molecular weight excluding hydrogens is 368 g/mol. The van der Waals surface area contributed by atoms with E-state index in [1.54, 1.807) is 15.6 Å². The van der Waals surface area contributed by atoms with E-state index in [0.29, 0.717) is 26.1 Å². The molecule has 2 aromatic rings. The van der Waals surface area contributed by atoms with Gasteiger partial charge in [0.2, 0.25) is 15.9 Å². The highest BCUT2D eigenvalue weighted by molar-refractivity contribution is 7.88. The van der Waals surface area contributed by atoms with Crippen molar-refractivity contribution < 1.29 is 13.2 Å². The number of hydrogen-bond acceptors (Lipinski definition) is 4. The number of aryl methyl sites for hydroxylation is 1. The normalized spacial score (nSPS) is 24.0. The van der Waals surface area contributed by atoms with Crippen LogP contribution in [-0.4, -0.2) is 38.3 Å². The molecule has 2 aliphatic rings. The van der Waals surface area contributed by atoms with Gasteiger partial charge in [-0.15, -0.1) is 0 Å². The average Bonchev–Trinajstić information content (AvgIpc) is 3.30. The molecule has 1 aromatic carbocycles. The number of carbonyl (C=O) groups excluding carboxylic acids is 1. The molecule has 5 nitrogen and oxygen atoms in total. The monoisotopic (exact) mass is 390 g/mol. The molecule has 0 unspecified atom stereocenters. The SMILES string of the molecule is Cc1ccc(CS(=O)(=O)N2CC[C@@]3(CC(=O)N(c4ccsc4)C3)C2)cc1. The van der Waals surface area contributed by atoms with Crippen LogP contribution in [0.1, 0.15) is 24.0 Å². The molecule has 1 aromatic heterocycles. The molecular formula is C19H22N2O3S2. The Morgan fingerprint density at radius 1 is 1.15 bits per heavy atom. The number of sulfonamides is 1. The summed E-state index contributed by atoms with van der Waals surface area (Å²) in [4.78, 5) is 14.3. The zero-order valence-corrected chi connectivity index (χ0v) is 16.4. The quantitative estimate of drug-likeness (QED) is 0.806. The first-order valence-corrected chi connectivity index (χ1v) is 11.3. The second-order valence-corrected chi connectivity index (χ2v) is 10.2. The average molecular weight is 391 g/mol. The molecule has 7 heteroatoms. The number of benzene rings is 1. The van der Waals surface area contributed by atoms with Gasteiger partial charge in [0.1, 0.15) is 0 Å². The number of amides is 1. The van der Waals surface area contributed by atoms with Crippen molar-refractivity contribution in [2.75, 3.05) is 24.5 Å². The van der Waals surface area contributed by atoms with Crippen LogP contribution < -0.4 is 4.90 Å². The fourth-order valence-corrected chi connectivity index (χ4v) is 6.21. The summed E-state index contributed by atoms with van der Waals surface area (Å²) in [6.45, 7) is 3.53. The lowest BCUT2D eigenvalue weighted by Crippen LogP contribution is -2.34. The zero-order valence-electron chi connectivity index (χ0n) is 14.7. The van der Waals surface area contributed by atoms with E-state index in [4.69, 9.17) is 0 Å². The number of hydrogen-bond donors (Lipinski definition) is 0. The molecule has 2 saturated heterocycles. The van der Waals surface area contributed by atoms with Crippen molar-refractivity contribution in [2.45, 2.75) is 25.5 Å². The molecule has 1 amide bonds. The van der Waals surface area contributed by atoms with Crippen LogP contribution in [0, 0.1) is 12.3 Å². The number of anilines is 1. The van der Waals surface area contributed by atoms with E-state index in [1.165, 1.54) is 0 Å². The second kappa shape index (κ2) is 6.48. The van der Waals surface area contributed by atoms with Crippen molar-refractivity contribution >= 4 is 33.0 Å². The first kappa shape index (κ1) is 17.7. The van der Waals surface area contributed by atoms with Crippen molar-refractivity contribution in [2.24, 2.45) is 5.41 Å². The number of nitrogens with zero attached hydrogens (tertiary/aromatic N) is 2. The van der Waals surface area contributed by atoms with Crippen LogP contribution in [0.4, 0.5) is 5.69 Å². The number of carbonyl (C=O) groups is 1. The Balaban J connectivity index is 1.48. The molecule has 0 radical (unpaired) electrons. The van der Waals surface area contributed by atoms with Crippen LogP contribution in [0.5, 0.6) is 0 Å². The first-order chi connectivity index (χ1) is 12.4. The van der Waals surface area contributed by atoms with Gasteiger partial charge in [0.25, 0.3) is 0 Å². The molecule has 0 bridgehead atoms. The Kier molecular flexibility index (Phi) is 4.41. The van der Waals surface area contributed by atoms with Gasteiger partial charge in [0, 0.05) is 36.9 Å². The van der Waals surface area contributed by atoms with E-state index in [-0.39, 0.29) is 17.1 Å². The van der Waals surface area contributed by atoms with Crippen molar-refractivity contribution in [3.05, 3.63) is 52.2 Å². The van der Waals surface area contributed by atoms with Crippen molar-refractivity contribution in [1.29, 1.82) is 0 Å². The molecule has 2 aliphatic heterocycles. The predicted molar refractivity (Wildman–Crippen MR) is 104 cm³/mol. The number of rotatable bonds is 4. The molecule has 1 spiro atoms. The molecule has 0 aliphatic carbocycles. The van der Waals surface area contributed by atoms with Crippen LogP contribution in [0.25, 0.3) is 0 Å². The highest BCUT2D eigenvalue weighted by Gasteiger charge is 2.50. The summed E-state index contributed by atoms with van der Waals surface area (Å²) in [6.07, 6.45) is 1.17. The summed E-state index contributed by atoms with van der Waals surface area (Å²) in [7, 11) is -3.37. The minimum absolute atomic E-state index is 0.0194. The Labute approximate surface area is 158 Å². The lowest BCUT2D eigenvalue weighted by atomic mass is 9.86. The van der Waals surface area contributed by atoms with E-state index in [9.17, 15) is 13.2 Å². The van der Waals surface area contributed by atoms with E-state index in [2.05, 4.69) is 0 Å². The van der Waals surface area contributed by atoms with Gasteiger partial charge in [0.15, 0.2) is 0 Å². The van der Waals surface area contributed by atoms with E-state index >= 15 is 0 Å². The van der Waals surface area contributed by atoms with Gasteiger partial charge in [-0.1, -0.05) is 29.8 Å². The summed E-state index contributed by atoms with van der Waals surface area (Å²) in [5, 5.41) is 3.93. The maximum atomic E-state index is 12.8. The minimum atomic E-state index is -3.37. The zero-order chi connectivity index (χ0) is 18.4. The molecule has 1 atom stereocenters. The molecule has 138 valence electrons. The first-order valence-electron chi connectivity index (χ1n) is 8.73. The van der Waals surface area contributed by atoms with Gasteiger partial charge < -0.3 is 4.90 Å². The predicted octanol–water partition coefficient (Wildman–Crippen LogP) is 3.02. The van der Waals surface area contributed by atoms with Crippen LogP contribution in [0.3, 0.4) is 0 Å². The minimum Gasteiger partial charge on any atom is -0.311 e. The van der Waals surface area contributed by atoms with Gasteiger partial charge in [-0.3, -0.25) is 4.79 Å². The number of thiophene rings is 1. The largest absolute Gasteiger partial charge is 0.311 e. The van der Waals surface area contributed by atoms with Gasteiger partial charge in [-0.25, -0.2) is 12.7 Å². The lowest BCUT2D eigenvalue weighted by Gasteiger charge is -2.23. The molecule has 0 saturated carbocycles. The smallest absolute Gasteiger partial charge is 0.227 e. The van der Waals surface area contributed by atoms with Crippen LogP contribution >= 0.6 is 11.3 Å². The highest BCUT2D eigenvalue weighted by Crippen LogP contribution is 2.43. The van der Waals surface area contributed by atoms with E-state index < -0.39 is 10.0 Å². The standard InChI is InChI=1S/C19H22N2O3S2/c1-15-2-4-16(5-3-15)12-26(23,24)20-8-7-19(13-20)10-18(22)21(14-19)17-6-9-25-11-17/h2-6,9,11H,7-8,10,12-14H2,1H3/t19-/m1/s1. The van der Waals surface area contributed by atoms with Gasteiger partial charge in [-0.2, -0.15) is 11.3 Å². The molecule has 2 fully saturated rings. The van der Waals surface area contributed by atoms with Gasteiger partial charge in [-0.05, 0) is 30.4 Å². The third-order valence-electron chi connectivity index (χ3n) is 5.40. The third kappa shape index (κ3) is 3.31. The molecule has 3 heterocycles. The van der Waals surface area contributed by atoms with Crippen molar-refractivity contribution in [3.8, 4) is 0 Å². The van der Waals surface area contributed by atoms with Crippen molar-refractivity contribution in [3.63, 3.8) is 0 Å². The van der Waals surface area contributed by atoms with E-state index in [0.717, 1.165) is 23.2 Å². The summed E-state index contributed by atoms with van der Waals surface area (Å²) in [6, 6.07) is 9.56. The fourth-order valence-electron chi connectivity index (χ4n) is 3.93. The Morgan fingerprint density at radius 3 is 2.62 bits per heavy atom. The molecule has 0 N–H and O–H groups in total. The second-order valence-electron chi connectivity index (χ2n) is 7.46. The van der Waals surface area contributed by atoms with Crippen LogP contribution in [0.15, 0.2) is 41.1 Å². The summed E-state index contributed by atoms with van der Waals surface area (Å²) in [5.41, 5.74) is 2.60. The maximum Gasteiger partial charge on any atom is 0.227 e. The van der Waals surface area contributed by atoms with Gasteiger partial charge >= 0.3 is 0 Å². The summed E-state index contributed by atoms with van der Waals surface area (Å²) in [5.74, 6) is 0.118. The lowest BCUT2D eigenvalue weighted by molar-refractivity contribution is -0.117. The summed E-state index contributed by atoms with van der Waals surface area (Å²) >= 11 is 1.57. The Hall–Kier alpha value is -1.70. The Morgan fingerprint density at radius 2 is 1.92 bits per heavy atom. The third-order valence-corrected chi connectivity index (χ3v) is 7.87. The fraction of sp³-hybridized carbons (Fsp3) is 0.421. The van der Waals surface area contributed by atoms with E-state index in [1.807, 2.05) is 52.9 Å². The summed E-state index contributed by atoms with van der Waals surface area (Å²) < 4.78 is 27.3. The van der Waals surface area contributed by atoms with Crippen LogP contribution in [-0.2, 0) is 20.6 Å².